The van der Waals surface area contributed by atoms with Crippen LogP contribution in [0.5, 0.6) is 5.75 Å². The number of benzene rings is 2. The van der Waals surface area contributed by atoms with Gasteiger partial charge in [0.25, 0.3) is 0 Å². The lowest BCUT2D eigenvalue weighted by atomic mass is 10.0. The number of thiazole rings is 1. The Morgan fingerprint density at radius 3 is 2.90 bits per heavy atom. The quantitative estimate of drug-likeness (QED) is 0.554. The summed E-state index contributed by atoms with van der Waals surface area (Å²) in [5.41, 5.74) is 3.78. The Hall–Kier alpha value is -2.80. The zero-order chi connectivity index (χ0) is 19.6. The number of hydrogen-bond donors (Lipinski definition) is 1. The Balaban J connectivity index is 1.38. The summed E-state index contributed by atoms with van der Waals surface area (Å²) in [6.45, 7) is 3.03. The van der Waals surface area contributed by atoms with Gasteiger partial charge in [0.05, 0.1) is 16.8 Å². The number of aliphatic hydroxyl groups excluding tert-OH is 1. The van der Waals surface area contributed by atoms with Crippen molar-refractivity contribution in [1.29, 1.82) is 0 Å². The van der Waals surface area contributed by atoms with E-state index >= 15 is 0 Å². The van der Waals surface area contributed by atoms with Crippen LogP contribution in [0.25, 0.3) is 10.2 Å². The summed E-state index contributed by atoms with van der Waals surface area (Å²) in [5, 5.41) is 11.9. The second kappa shape index (κ2) is 7.91. The SMILES string of the molecule is OC(c1cccnc1)c1ccc2c(c1)CN(Cc1nc3ccccc3s1)CCO2. The molecule has 1 N–H and O–H groups in total. The van der Waals surface area contributed by atoms with Crippen LogP contribution in [0.15, 0.2) is 67.0 Å². The average Bonchev–Trinajstić information content (AvgIpc) is 3.05. The largest absolute Gasteiger partial charge is 0.492 e. The number of rotatable bonds is 4. The molecule has 0 saturated carbocycles. The molecule has 2 aromatic heterocycles. The van der Waals surface area contributed by atoms with Crippen LogP contribution >= 0.6 is 11.3 Å². The molecule has 0 fully saturated rings. The minimum absolute atomic E-state index is 0.641. The number of para-hydroxylation sites is 1. The van der Waals surface area contributed by atoms with Crippen LogP contribution < -0.4 is 4.74 Å². The van der Waals surface area contributed by atoms with Crippen molar-refractivity contribution in [3.63, 3.8) is 0 Å². The molecule has 3 heterocycles. The monoisotopic (exact) mass is 403 g/mol. The predicted molar refractivity (Wildman–Crippen MR) is 114 cm³/mol. The van der Waals surface area contributed by atoms with Crippen LogP contribution in [-0.2, 0) is 13.1 Å². The third kappa shape index (κ3) is 3.87. The van der Waals surface area contributed by atoms with Crippen molar-refractivity contribution in [2.75, 3.05) is 13.2 Å². The Kier molecular flexibility index (Phi) is 4.97. The molecule has 5 rings (SSSR count). The lowest BCUT2D eigenvalue weighted by Crippen LogP contribution is -2.25. The molecule has 1 aliphatic rings. The Morgan fingerprint density at radius 2 is 2.03 bits per heavy atom. The van der Waals surface area contributed by atoms with Gasteiger partial charge in [0.15, 0.2) is 0 Å². The molecule has 0 spiro atoms. The number of fused-ring (bicyclic) bond motifs is 2. The highest BCUT2D eigenvalue weighted by atomic mass is 32.1. The molecule has 1 unspecified atom stereocenters. The van der Waals surface area contributed by atoms with Crippen molar-refractivity contribution in [3.05, 3.63) is 88.7 Å². The Labute approximate surface area is 173 Å². The minimum atomic E-state index is -0.699. The van der Waals surface area contributed by atoms with E-state index in [1.807, 2.05) is 36.4 Å². The molecule has 0 aliphatic carbocycles. The standard InChI is InChI=1S/C23H21N3O2S/c27-23(17-4-3-9-24-13-17)16-7-8-20-18(12-16)14-26(10-11-28-20)15-22-25-19-5-1-2-6-21(19)29-22/h1-9,12-13,23,27H,10-11,14-15H2. The van der Waals surface area contributed by atoms with Gasteiger partial charge < -0.3 is 9.84 Å². The molecule has 1 atom stereocenters. The van der Waals surface area contributed by atoms with Crippen LogP contribution in [0.3, 0.4) is 0 Å². The van der Waals surface area contributed by atoms with Crippen LogP contribution in [0.1, 0.15) is 27.8 Å². The highest BCUT2D eigenvalue weighted by Gasteiger charge is 2.19. The van der Waals surface area contributed by atoms with Gasteiger partial charge in [-0.3, -0.25) is 9.88 Å². The van der Waals surface area contributed by atoms with Crippen molar-refractivity contribution >= 4 is 21.6 Å². The van der Waals surface area contributed by atoms with E-state index in [2.05, 4.69) is 28.1 Å². The van der Waals surface area contributed by atoms with Crippen molar-refractivity contribution in [2.24, 2.45) is 0 Å². The van der Waals surface area contributed by atoms with Gasteiger partial charge in [-0.25, -0.2) is 4.98 Å². The van der Waals surface area contributed by atoms with E-state index in [0.717, 1.165) is 52.6 Å². The van der Waals surface area contributed by atoms with Gasteiger partial charge >= 0.3 is 0 Å². The van der Waals surface area contributed by atoms with E-state index in [-0.39, 0.29) is 0 Å². The number of aromatic nitrogens is 2. The lowest BCUT2D eigenvalue weighted by Gasteiger charge is -2.18. The molecular weight excluding hydrogens is 382 g/mol. The fraction of sp³-hybridized carbons (Fsp3) is 0.217. The normalized spacial score (nSPS) is 15.5. The van der Waals surface area contributed by atoms with E-state index in [1.54, 1.807) is 23.7 Å². The highest BCUT2D eigenvalue weighted by molar-refractivity contribution is 7.18. The smallest absolute Gasteiger partial charge is 0.123 e. The average molecular weight is 404 g/mol. The van der Waals surface area contributed by atoms with E-state index < -0.39 is 6.10 Å². The van der Waals surface area contributed by atoms with E-state index in [9.17, 15) is 5.11 Å². The fourth-order valence-corrected chi connectivity index (χ4v) is 4.69. The topological polar surface area (TPSA) is 58.5 Å². The first-order valence-electron chi connectivity index (χ1n) is 9.67. The Morgan fingerprint density at radius 1 is 1.10 bits per heavy atom. The lowest BCUT2D eigenvalue weighted by molar-refractivity contribution is 0.218. The van der Waals surface area contributed by atoms with E-state index in [1.165, 1.54) is 4.70 Å². The van der Waals surface area contributed by atoms with E-state index in [4.69, 9.17) is 9.72 Å². The predicted octanol–water partition coefficient (Wildman–Crippen LogP) is 4.17. The molecule has 4 aromatic rings. The van der Waals surface area contributed by atoms with Gasteiger partial charge in [0.2, 0.25) is 0 Å². The summed E-state index contributed by atoms with van der Waals surface area (Å²) < 4.78 is 7.18. The molecule has 0 radical (unpaired) electrons. The van der Waals surface area contributed by atoms with Crippen molar-refractivity contribution in [1.82, 2.24) is 14.9 Å². The fourth-order valence-electron chi connectivity index (χ4n) is 3.68. The number of pyridine rings is 1. The molecule has 0 amide bonds. The van der Waals surface area contributed by atoms with Crippen molar-refractivity contribution in [3.8, 4) is 5.75 Å². The van der Waals surface area contributed by atoms with Gasteiger partial charge in [0, 0.05) is 36.6 Å². The minimum Gasteiger partial charge on any atom is -0.492 e. The summed E-state index contributed by atoms with van der Waals surface area (Å²) in [6, 6.07) is 17.9. The molecule has 0 saturated heterocycles. The van der Waals surface area contributed by atoms with Gasteiger partial charge in [-0.2, -0.15) is 0 Å². The zero-order valence-electron chi connectivity index (χ0n) is 15.9. The second-order valence-electron chi connectivity index (χ2n) is 7.19. The zero-order valence-corrected chi connectivity index (χ0v) is 16.7. The second-order valence-corrected chi connectivity index (χ2v) is 8.31. The summed E-state index contributed by atoms with van der Waals surface area (Å²) in [4.78, 5) is 11.2. The van der Waals surface area contributed by atoms with Crippen molar-refractivity contribution in [2.45, 2.75) is 19.2 Å². The molecule has 29 heavy (non-hydrogen) atoms. The summed E-state index contributed by atoms with van der Waals surface area (Å²) in [7, 11) is 0. The maximum absolute atomic E-state index is 10.7. The third-order valence-corrected chi connectivity index (χ3v) is 6.18. The van der Waals surface area contributed by atoms with Gasteiger partial charge in [-0.15, -0.1) is 11.3 Å². The number of ether oxygens (including phenoxy) is 1. The first-order valence-corrected chi connectivity index (χ1v) is 10.5. The van der Waals surface area contributed by atoms with Crippen molar-refractivity contribution < 1.29 is 9.84 Å². The molecule has 146 valence electrons. The highest BCUT2D eigenvalue weighted by Crippen LogP contribution is 2.30. The molecule has 0 bridgehead atoms. The van der Waals surface area contributed by atoms with E-state index in [0.29, 0.717) is 6.61 Å². The summed E-state index contributed by atoms with van der Waals surface area (Å²) in [5.74, 6) is 0.888. The molecule has 5 nitrogen and oxygen atoms in total. The van der Waals surface area contributed by atoms with Crippen LogP contribution in [0.4, 0.5) is 0 Å². The number of hydrogen-bond acceptors (Lipinski definition) is 6. The summed E-state index contributed by atoms with van der Waals surface area (Å²) >= 11 is 1.74. The first-order chi connectivity index (χ1) is 14.3. The summed E-state index contributed by atoms with van der Waals surface area (Å²) in [6.07, 6.45) is 2.71. The molecular formula is C23H21N3O2S. The third-order valence-electron chi connectivity index (χ3n) is 5.16. The van der Waals surface area contributed by atoms with Crippen LogP contribution in [-0.4, -0.2) is 33.1 Å². The molecule has 6 heteroatoms. The molecule has 1 aliphatic heterocycles. The van der Waals surface area contributed by atoms with Gasteiger partial charge in [0.1, 0.15) is 23.5 Å². The van der Waals surface area contributed by atoms with Gasteiger partial charge in [-0.1, -0.05) is 24.3 Å². The van der Waals surface area contributed by atoms with Crippen LogP contribution in [0, 0.1) is 0 Å². The van der Waals surface area contributed by atoms with Crippen LogP contribution in [0.2, 0.25) is 0 Å². The molecule has 2 aromatic carbocycles. The van der Waals surface area contributed by atoms with Gasteiger partial charge in [-0.05, 0) is 35.9 Å². The first kappa shape index (κ1) is 18.2. The number of aliphatic hydroxyl groups is 1. The maximum Gasteiger partial charge on any atom is 0.123 e. The maximum atomic E-state index is 10.7. The Bertz CT molecular complexity index is 1100. The number of nitrogens with zero attached hydrogens (tertiary/aromatic N) is 3.